The monoisotopic (exact) mass is 308 g/mol. The van der Waals surface area contributed by atoms with Gasteiger partial charge < -0.3 is 25.7 Å². The fourth-order valence-electron chi connectivity index (χ4n) is 2.49. The SMILES string of the molecule is Nc1ccc(OC2=CC=CC3(Oc4ccc(N)cc4)OC23)cc1. The summed E-state index contributed by atoms with van der Waals surface area (Å²) in [6.45, 7) is 0. The maximum Gasteiger partial charge on any atom is 0.265 e. The van der Waals surface area contributed by atoms with Crippen LogP contribution in [-0.2, 0) is 4.74 Å². The molecule has 116 valence electrons. The molecule has 2 aromatic carbocycles. The number of rotatable bonds is 4. The topological polar surface area (TPSA) is 83.0 Å². The van der Waals surface area contributed by atoms with Gasteiger partial charge >= 0.3 is 0 Å². The molecule has 2 atom stereocenters. The second-order valence-electron chi connectivity index (χ2n) is 5.49. The van der Waals surface area contributed by atoms with E-state index >= 15 is 0 Å². The van der Waals surface area contributed by atoms with Crippen molar-refractivity contribution >= 4 is 11.4 Å². The third-order valence-corrected chi connectivity index (χ3v) is 3.73. The highest BCUT2D eigenvalue weighted by atomic mass is 16.8. The number of benzene rings is 2. The van der Waals surface area contributed by atoms with E-state index in [2.05, 4.69) is 0 Å². The highest BCUT2D eigenvalue weighted by Crippen LogP contribution is 2.46. The summed E-state index contributed by atoms with van der Waals surface area (Å²) in [5.41, 5.74) is 12.7. The van der Waals surface area contributed by atoms with Crippen LogP contribution in [0.2, 0.25) is 0 Å². The quantitative estimate of drug-likeness (QED) is 0.670. The van der Waals surface area contributed by atoms with Gasteiger partial charge in [0.25, 0.3) is 5.79 Å². The van der Waals surface area contributed by atoms with Crippen molar-refractivity contribution in [1.82, 2.24) is 0 Å². The zero-order valence-electron chi connectivity index (χ0n) is 12.3. The molecule has 0 amide bonds. The average molecular weight is 308 g/mol. The number of ether oxygens (including phenoxy) is 3. The Morgan fingerprint density at radius 3 is 2.13 bits per heavy atom. The molecule has 1 fully saturated rings. The van der Waals surface area contributed by atoms with E-state index in [0.717, 1.165) is 0 Å². The lowest BCUT2D eigenvalue weighted by atomic mass is 10.1. The Hall–Kier alpha value is -2.92. The van der Waals surface area contributed by atoms with E-state index in [1.165, 1.54) is 0 Å². The van der Waals surface area contributed by atoms with Gasteiger partial charge in [-0.1, -0.05) is 6.08 Å². The Morgan fingerprint density at radius 1 is 0.870 bits per heavy atom. The van der Waals surface area contributed by atoms with E-state index in [4.69, 9.17) is 25.7 Å². The molecule has 23 heavy (non-hydrogen) atoms. The number of allylic oxidation sites excluding steroid dienone is 2. The van der Waals surface area contributed by atoms with Crippen molar-refractivity contribution in [2.45, 2.75) is 11.9 Å². The second-order valence-corrected chi connectivity index (χ2v) is 5.49. The first-order valence-electron chi connectivity index (χ1n) is 7.30. The number of epoxide rings is 1. The van der Waals surface area contributed by atoms with Crippen LogP contribution in [0.4, 0.5) is 11.4 Å². The summed E-state index contributed by atoms with van der Waals surface area (Å²) in [5.74, 6) is 1.30. The minimum absolute atomic E-state index is 0.261. The van der Waals surface area contributed by atoms with Gasteiger partial charge in [-0.05, 0) is 60.7 Å². The largest absolute Gasteiger partial charge is 0.459 e. The minimum atomic E-state index is -0.798. The molecule has 1 saturated heterocycles. The first-order chi connectivity index (χ1) is 11.1. The van der Waals surface area contributed by atoms with Crippen molar-refractivity contribution in [3.8, 4) is 11.5 Å². The first kappa shape index (κ1) is 13.7. The lowest BCUT2D eigenvalue weighted by Gasteiger charge is -2.16. The summed E-state index contributed by atoms with van der Waals surface area (Å²) < 4.78 is 17.6. The third kappa shape index (κ3) is 2.62. The third-order valence-electron chi connectivity index (χ3n) is 3.73. The molecule has 0 radical (unpaired) electrons. The summed E-state index contributed by atoms with van der Waals surface area (Å²) in [6, 6.07) is 14.4. The Bertz CT molecular complexity index is 781. The van der Waals surface area contributed by atoms with E-state index in [0.29, 0.717) is 28.6 Å². The number of hydrogen-bond acceptors (Lipinski definition) is 5. The van der Waals surface area contributed by atoms with Crippen molar-refractivity contribution in [2.75, 3.05) is 11.5 Å². The number of hydrogen-bond donors (Lipinski definition) is 2. The van der Waals surface area contributed by atoms with Crippen LogP contribution in [0.3, 0.4) is 0 Å². The number of nitrogen functional groups attached to an aromatic ring is 2. The van der Waals surface area contributed by atoms with E-state index in [9.17, 15) is 0 Å². The molecular formula is C18H16N2O3. The second kappa shape index (κ2) is 5.07. The summed E-state index contributed by atoms with van der Waals surface area (Å²) in [7, 11) is 0. The number of anilines is 2. The van der Waals surface area contributed by atoms with Crippen LogP contribution in [0.15, 0.2) is 72.5 Å². The van der Waals surface area contributed by atoms with Crippen LogP contribution in [0.25, 0.3) is 0 Å². The predicted octanol–water partition coefficient (Wildman–Crippen LogP) is 2.86. The molecular weight excluding hydrogens is 292 g/mol. The summed E-state index contributed by atoms with van der Waals surface area (Å²) in [5, 5.41) is 0. The van der Waals surface area contributed by atoms with Gasteiger partial charge in [0.2, 0.25) is 0 Å². The number of nitrogens with two attached hydrogens (primary N) is 2. The molecule has 4 N–H and O–H groups in total. The van der Waals surface area contributed by atoms with Gasteiger partial charge in [-0.3, -0.25) is 0 Å². The maximum absolute atomic E-state index is 5.95. The van der Waals surface area contributed by atoms with E-state index in [-0.39, 0.29) is 6.10 Å². The van der Waals surface area contributed by atoms with Crippen molar-refractivity contribution in [1.29, 1.82) is 0 Å². The molecule has 1 aliphatic heterocycles. The molecule has 4 rings (SSSR count). The van der Waals surface area contributed by atoms with Crippen LogP contribution in [0, 0.1) is 0 Å². The zero-order valence-corrected chi connectivity index (χ0v) is 12.3. The maximum atomic E-state index is 5.95. The number of fused-ring (bicyclic) bond motifs is 1. The van der Waals surface area contributed by atoms with Crippen LogP contribution in [0.1, 0.15) is 0 Å². The highest BCUT2D eigenvalue weighted by Gasteiger charge is 2.62. The van der Waals surface area contributed by atoms with Crippen LogP contribution in [0.5, 0.6) is 11.5 Å². The first-order valence-corrected chi connectivity index (χ1v) is 7.30. The molecule has 5 heteroatoms. The lowest BCUT2D eigenvalue weighted by molar-refractivity contribution is 0.108. The Balaban J connectivity index is 1.48. The molecule has 0 spiro atoms. The van der Waals surface area contributed by atoms with Crippen molar-refractivity contribution in [3.63, 3.8) is 0 Å². The standard InChI is InChI=1S/C18H16N2O3/c19-12-3-7-14(8-4-12)21-16-2-1-11-18(17(16)23-18)22-15-9-5-13(20)6-10-15/h1-11,17H,19-20H2. The molecule has 0 saturated carbocycles. The molecule has 0 aromatic heterocycles. The molecule has 2 unspecified atom stereocenters. The van der Waals surface area contributed by atoms with Crippen molar-refractivity contribution < 1.29 is 14.2 Å². The molecule has 1 aliphatic carbocycles. The summed E-state index contributed by atoms with van der Waals surface area (Å²) >= 11 is 0. The van der Waals surface area contributed by atoms with Crippen molar-refractivity contribution in [3.05, 3.63) is 72.5 Å². The van der Waals surface area contributed by atoms with Crippen LogP contribution in [-0.4, -0.2) is 11.9 Å². The summed E-state index contributed by atoms with van der Waals surface area (Å²) in [4.78, 5) is 0. The smallest absolute Gasteiger partial charge is 0.265 e. The van der Waals surface area contributed by atoms with Crippen LogP contribution >= 0.6 is 0 Å². The normalized spacial score (nSPS) is 24.5. The Labute approximate surface area is 133 Å². The Morgan fingerprint density at radius 2 is 1.48 bits per heavy atom. The van der Waals surface area contributed by atoms with Crippen molar-refractivity contribution in [2.24, 2.45) is 0 Å². The molecule has 5 nitrogen and oxygen atoms in total. The fourth-order valence-corrected chi connectivity index (χ4v) is 2.49. The minimum Gasteiger partial charge on any atom is -0.459 e. The van der Waals surface area contributed by atoms with Gasteiger partial charge in [0.05, 0.1) is 0 Å². The average Bonchev–Trinajstić information content (AvgIpc) is 3.27. The van der Waals surface area contributed by atoms with Crippen LogP contribution < -0.4 is 20.9 Å². The van der Waals surface area contributed by atoms with Gasteiger partial charge in [-0.15, -0.1) is 0 Å². The van der Waals surface area contributed by atoms with E-state index < -0.39 is 5.79 Å². The molecule has 1 heterocycles. The Kier molecular flexibility index (Phi) is 3.02. The lowest BCUT2D eigenvalue weighted by Crippen LogP contribution is -2.25. The molecule has 2 aliphatic rings. The van der Waals surface area contributed by atoms with Gasteiger partial charge in [-0.2, -0.15) is 0 Å². The predicted molar refractivity (Wildman–Crippen MR) is 87.8 cm³/mol. The molecule has 0 bridgehead atoms. The highest BCUT2D eigenvalue weighted by molar-refractivity contribution is 5.45. The zero-order chi connectivity index (χ0) is 15.9. The molecule has 2 aromatic rings. The summed E-state index contributed by atoms with van der Waals surface area (Å²) in [6.07, 6.45) is 5.36. The van der Waals surface area contributed by atoms with Gasteiger partial charge in [-0.25, -0.2) is 0 Å². The van der Waals surface area contributed by atoms with Gasteiger partial charge in [0.1, 0.15) is 17.3 Å². The van der Waals surface area contributed by atoms with Gasteiger partial charge in [0.15, 0.2) is 6.10 Å². The van der Waals surface area contributed by atoms with E-state index in [1.807, 2.05) is 42.5 Å². The van der Waals surface area contributed by atoms with E-state index in [1.54, 1.807) is 24.3 Å². The fraction of sp³-hybridized carbons (Fsp3) is 0.111. The van der Waals surface area contributed by atoms with Gasteiger partial charge in [0, 0.05) is 11.4 Å².